The van der Waals surface area contributed by atoms with Crippen molar-refractivity contribution in [1.82, 2.24) is 9.80 Å². The molecule has 2 atom stereocenters. The van der Waals surface area contributed by atoms with Gasteiger partial charge in [0.15, 0.2) is 9.84 Å². The summed E-state index contributed by atoms with van der Waals surface area (Å²) < 4.78 is 24.3. The Morgan fingerprint density at radius 3 is 2.26 bits per heavy atom. The van der Waals surface area contributed by atoms with Crippen LogP contribution in [0.2, 0.25) is 10.0 Å². The molecule has 0 spiro atoms. The van der Waals surface area contributed by atoms with Crippen LogP contribution in [0.3, 0.4) is 0 Å². The Hall–Kier alpha value is -0.330. The largest absolute Gasteiger partial charge is 0.297 e. The average molecular weight is 377 g/mol. The molecule has 2 heterocycles. The van der Waals surface area contributed by atoms with E-state index in [1.54, 1.807) is 0 Å². The summed E-state index contributed by atoms with van der Waals surface area (Å²) in [6.07, 6.45) is 1.04. The molecule has 0 aromatic heterocycles. The van der Waals surface area contributed by atoms with Crippen LogP contribution in [0.15, 0.2) is 18.2 Å². The lowest BCUT2D eigenvalue weighted by molar-refractivity contribution is 0.0406. The van der Waals surface area contributed by atoms with E-state index in [-0.39, 0.29) is 23.6 Å². The summed E-state index contributed by atoms with van der Waals surface area (Å²) in [5, 5.41) is 1.29. The number of hydrogen-bond donors (Lipinski definition) is 0. The molecule has 128 valence electrons. The van der Waals surface area contributed by atoms with Crippen LogP contribution in [0.4, 0.5) is 0 Å². The highest BCUT2D eigenvalue weighted by Crippen LogP contribution is 2.31. The second-order valence-corrected chi connectivity index (χ2v) is 9.39. The summed E-state index contributed by atoms with van der Waals surface area (Å²) in [4.78, 5) is 4.58. The molecule has 2 aliphatic heterocycles. The molecule has 0 N–H and O–H groups in total. The third kappa shape index (κ3) is 3.69. The zero-order chi connectivity index (χ0) is 16.6. The maximum Gasteiger partial charge on any atom is 0.153 e. The highest BCUT2D eigenvalue weighted by atomic mass is 35.5. The van der Waals surface area contributed by atoms with Crippen LogP contribution in [0.5, 0.6) is 0 Å². The first-order valence-corrected chi connectivity index (χ1v) is 10.6. The number of nitrogens with zero attached hydrogens (tertiary/aromatic N) is 2. The first-order chi connectivity index (χ1) is 10.9. The number of sulfone groups is 1. The van der Waals surface area contributed by atoms with Gasteiger partial charge in [-0.15, -0.1) is 0 Å². The number of rotatable bonds is 4. The van der Waals surface area contributed by atoms with E-state index in [9.17, 15) is 8.42 Å². The van der Waals surface area contributed by atoms with Gasteiger partial charge in [0, 0.05) is 47.3 Å². The maximum absolute atomic E-state index is 12.2. The van der Waals surface area contributed by atoms with Gasteiger partial charge in [-0.3, -0.25) is 9.80 Å². The fraction of sp³-hybridized carbons (Fsp3) is 0.625. The molecule has 2 aliphatic rings. The second-order valence-electron chi connectivity index (χ2n) is 6.42. The second kappa shape index (κ2) is 6.89. The van der Waals surface area contributed by atoms with Gasteiger partial charge in [0.05, 0.1) is 11.5 Å². The van der Waals surface area contributed by atoms with Crippen molar-refractivity contribution in [3.8, 4) is 0 Å². The molecule has 2 fully saturated rings. The highest BCUT2D eigenvalue weighted by molar-refractivity contribution is 7.91. The van der Waals surface area contributed by atoms with E-state index in [1.807, 2.05) is 18.2 Å². The molecule has 0 aliphatic carbocycles. The third-order valence-corrected chi connectivity index (χ3v) is 7.25. The van der Waals surface area contributed by atoms with Gasteiger partial charge in [0.2, 0.25) is 0 Å². The number of halogens is 2. The van der Waals surface area contributed by atoms with E-state index in [0.29, 0.717) is 16.6 Å². The van der Waals surface area contributed by atoms with Crippen LogP contribution < -0.4 is 0 Å². The molecular weight excluding hydrogens is 355 g/mol. The van der Waals surface area contributed by atoms with Gasteiger partial charge in [0.25, 0.3) is 0 Å². The summed E-state index contributed by atoms with van der Waals surface area (Å²) >= 11 is 12.6. The van der Waals surface area contributed by atoms with Crippen molar-refractivity contribution in [3.05, 3.63) is 33.8 Å². The predicted molar refractivity (Wildman–Crippen MR) is 95.0 cm³/mol. The van der Waals surface area contributed by atoms with E-state index < -0.39 is 9.84 Å². The number of fused-ring (bicyclic) bond motifs is 1. The van der Waals surface area contributed by atoms with E-state index in [4.69, 9.17) is 23.2 Å². The van der Waals surface area contributed by atoms with E-state index in [2.05, 4.69) is 16.7 Å². The van der Waals surface area contributed by atoms with E-state index in [0.717, 1.165) is 31.6 Å². The standard InChI is InChI=1S/C16H22Cl2N2O2S/c1-2-6-19-7-8-20(16-11-23(21,22)10-15(16)19)9-12-13(17)4-3-5-14(12)18/h3-5,15-16H,2,6-11H2,1H3/t15-,16+/m0/s1. The minimum Gasteiger partial charge on any atom is -0.297 e. The van der Waals surface area contributed by atoms with Crippen molar-refractivity contribution >= 4 is 33.0 Å². The molecule has 23 heavy (non-hydrogen) atoms. The zero-order valence-corrected chi connectivity index (χ0v) is 15.5. The van der Waals surface area contributed by atoms with Crippen LogP contribution in [0.25, 0.3) is 0 Å². The van der Waals surface area contributed by atoms with Gasteiger partial charge in [-0.05, 0) is 25.1 Å². The smallest absolute Gasteiger partial charge is 0.153 e. The predicted octanol–water partition coefficient (Wildman–Crippen LogP) is 2.69. The Kier molecular flexibility index (Phi) is 5.24. The quantitative estimate of drug-likeness (QED) is 0.809. The lowest BCUT2D eigenvalue weighted by atomic mass is 10.0. The third-order valence-electron chi connectivity index (χ3n) is 4.84. The van der Waals surface area contributed by atoms with Gasteiger partial charge >= 0.3 is 0 Å². The summed E-state index contributed by atoms with van der Waals surface area (Å²) in [6, 6.07) is 5.62. The topological polar surface area (TPSA) is 40.6 Å². The SMILES string of the molecule is CCCN1CCN(Cc2c(Cl)cccc2Cl)[C@@H]2CS(=O)(=O)C[C@@H]21. The molecule has 0 saturated carbocycles. The molecule has 4 nitrogen and oxygen atoms in total. The van der Waals surface area contributed by atoms with Crippen molar-refractivity contribution < 1.29 is 8.42 Å². The molecule has 0 radical (unpaired) electrons. The van der Waals surface area contributed by atoms with Crippen LogP contribution >= 0.6 is 23.2 Å². The number of hydrogen-bond acceptors (Lipinski definition) is 4. The van der Waals surface area contributed by atoms with Crippen molar-refractivity contribution in [3.63, 3.8) is 0 Å². The Morgan fingerprint density at radius 2 is 1.65 bits per heavy atom. The monoisotopic (exact) mass is 376 g/mol. The summed E-state index contributed by atoms with van der Waals surface area (Å²) in [7, 11) is -2.97. The average Bonchev–Trinajstić information content (AvgIpc) is 2.81. The van der Waals surface area contributed by atoms with Crippen molar-refractivity contribution in [2.24, 2.45) is 0 Å². The lowest BCUT2D eigenvalue weighted by Crippen LogP contribution is -2.58. The zero-order valence-electron chi connectivity index (χ0n) is 13.2. The fourth-order valence-electron chi connectivity index (χ4n) is 3.74. The molecular formula is C16H22Cl2N2O2S. The van der Waals surface area contributed by atoms with E-state index >= 15 is 0 Å². The first kappa shape index (κ1) is 17.5. The maximum atomic E-state index is 12.2. The van der Waals surface area contributed by atoms with Crippen molar-refractivity contribution in [2.75, 3.05) is 31.1 Å². The summed E-state index contributed by atoms with van der Waals surface area (Å²) in [6.45, 7) is 5.44. The minimum absolute atomic E-state index is 0.0349. The Morgan fingerprint density at radius 1 is 1.09 bits per heavy atom. The van der Waals surface area contributed by atoms with Crippen LogP contribution in [0, 0.1) is 0 Å². The van der Waals surface area contributed by atoms with E-state index in [1.165, 1.54) is 0 Å². The number of piperazine rings is 1. The Labute approximate surface area is 148 Å². The van der Waals surface area contributed by atoms with Crippen LogP contribution in [-0.4, -0.2) is 61.4 Å². The molecule has 1 aromatic carbocycles. The van der Waals surface area contributed by atoms with Gasteiger partial charge < -0.3 is 0 Å². The summed E-state index contributed by atoms with van der Waals surface area (Å²) in [5.74, 6) is 0.504. The first-order valence-electron chi connectivity index (χ1n) is 8.02. The minimum atomic E-state index is -2.97. The van der Waals surface area contributed by atoms with Gasteiger partial charge in [-0.25, -0.2) is 8.42 Å². The molecule has 0 bridgehead atoms. The van der Waals surface area contributed by atoms with Gasteiger partial charge in [-0.1, -0.05) is 36.2 Å². The molecule has 0 amide bonds. The number of benzene rings is 1. The molecule has 7 heteroatoms. The molecule has 3 rings (SSSR count). The fourth-order valence-corrected chi connectivity index (χ4v) is 6.30. The molecule has 2 saturated heterocycles. The van der Waals surface area contributed by atoms with Crippen molar-refractivity contribution in [1.29, 1.82) is 0 Å². The molecule has 1 aromatic rings. The van der Waals surface area contributed by atoms with Crippen LogP contribution in [0.1, 0.15) is 18.9 Å². The highest BCUT2D eigenvalue weighted by Gasteiger charge is 2.46. The summed E-state index contributed by atoms with van der Waals surface area (Å²) in [5.41, 5.74) is 0.892. The van der Waals surface area contributed by atoms with Crippen molar-refractivity contribution in [2.45, 2.75) is 32.0 Å². The lowest BCUT2D eigenvalue weighted by Gasteiger charge is -2.44. The normalized spacial score (nSPS) is 28.0. The molecule has 0 unspecified atom stereocenters. The van der Waals surface area contributed by atoms with Gasteiger partial charge in [0.1, 0.15) is 0 Å². The Balaban J connectivity index is 1.84. The van der Waals surface area contributed by atoms with Gasteiger partial charge in [-0.2, -0.15) is 0 Å². The Bertz CT molecular complexity index is 660. The van der Waals surface area contributed by atoms with Crippen LogP contribution in [-0.2, 0) is 16.4 Å².